The fourth-order valence-electron chi connectivity index (χ4n) is 9.34. The van der Waals surface area contributed by atoms with Crippen molar-refractivity contribution in [3.63, 3.8) is 0 Å². The van der Waals surface area contributed by atoms with Crippen LogP contribution in [0.5, 0.6) is 0 Å². The Morgan fingerprint density at radius 3 is 1.06 bits per heavy atom. The van der Waals surface area contributed by atoms with E-state index in [1.54, 1.807) is 6.08 Å². The van der Waals surface area contributed by atoms with Crippen molar-refractivity contribution in [3.8, 4) is 0 Å². The Bertz CT molecular complexity index is 1040. The van der Waals surface area contributed by atoms with Crippen molar-refractivity contribution in [1.82, 2.24) is 5.32 Å². The number of amides is 1. The Labute approximate surface area is 418 Å². The Balaban J connectivity index is 3.47. The molecule has 0 rings (SSSR count). The summed E-state index contributed by atoms with van der Waals surface area (Å²) in [6.45, 7) is 4.91. The number of allylic oxidation sites excluding steroid dienone is 3. The van der Waals surface area contributed by atoms with Crippen LogP contribution in [-0.4, -0.2) is 47.4 Å². The van der Waals surface area contributed by atoms with Gasteiger partial charge in [-0.1, -0.05) is 282 Å². The Morgan fingerprint density at radius 1 is 0.403 bits per heavy atom. The molecule has 0 radical (unpaired) electrons. The van der Waals surface area contributed by atoms with Crippen LogP contribution in [-0.2, 0) is 14.3 Å². The first-order valence-electron chi connectivity index (χ1n) is 30.1. The maximum Gasteiger partial charge on any atom is 0.305 e. The number of aliphatic hydroxyl groups is 2. The summed E-state index contributed by atoms with van der Waals surface area (Å²) in [4.78, 5) is 24.5. The Hall–Kier alpha value is -1.66. The molecule has 0 fully saturated rings. The quantitative estimate of drug-likeness (QED) is 0.0321. The number of rotatable bonds is 56. The molecule has 0 aromatic carbocycles. The van der Waals surface area contributed by atoms with Crippen LogP contribution in [0, 0.1) is 0 Å². The molecule has 1 amide bonds. The fourth-order valence-corrected chi connectivity index (χ4v) is 9.34. The summed E-state index contributed by atoms with van der Waals surface area (Å²) in [6, 6.07) is -0.634. The number of carbonyl (C=O) groups is 2. The van der Waals surface area contributed by atoms with Gasteiger partial charge < -0.3 is 20.3 Å². The van der Waals surface area contributed by atoms with Crippen LogP contribution in [0.25, 0.3) is 0 Å². The number of carbonyl (C=O) groups excluding carboxylic acids is 2. The normalized spacial score (nSPS) is 12.7. The topological polar surface area (TPSA) is 95.9 Å². The van der Waals surface area contributed by atoms with Gasteiger partial charge in [0.1, 0.15) is 0 Å². The number of aliphatic hydroxyl groups excluding tert-OH is 2. The minimum Gasteiger partial charge on any atom is -0.466 e. The van der Waals surface area contributed by atoms with Gasteiger partial charge >= 0.3 is 5.97 Å². The van der Waals surface area contributed by atoms with Crippen molar-refractivity contribution in [2.75, 3.05) is 13.2 Å². The first-order valence-corrected chi connectivity index (χ1v) is 30.1. The number of hydrogen-bond acceptors (Lipinski definition) is 5. The van der Waals surface area contributed by atoms with E-state index in [-0.39, 0.29) is 18.5 Å². The van der Waals surface area contributed by atoms with Crippen molar-refractivity contribution in [3.05, 3.63) is 24.3 Å². The Morgan fingerprint density at radius 2 is 0.701 bits per heavy atom. The third-order valence-corrected chi connectivity index (χ3v) is 14.0. The van der Waals surface area contributed by atoms with Crippen LogP contribution in [0.4, 0.5) is 0 Å². The zero-order valence-electron chi connectivity index (χ0n) is 45.1. The van der Waals surface area contributed by atoms with Gasteiger partial charge in [-0.05, 0) is 57.8 Å². The Kier molecular flexibility index (Phi) is 55.5. The largest absolute Gasteiger partial charge is 0.466 e. The van der Waals surface area contributed by atoms with Crippen molar-refractivity contribution in [1.29, 1.82) is 0 Å². The molecule has 6 heteroatoms. The highest BCUT2D eigenvalue weighted by Crippen LogP contribution is 2.17. The minimum atomic E-state index is -0.850. The predicted octanol–water partition coefficient (Wildman–Crippen LogP) is 18.6. The summed E-state index contributed by atoms with van der Waals surface area (Å²) in [5.41, 5.74) is 0. The highest BCUT2D eigenvalue weighted by Gasteiger charge is 2.18. The third kappa shape index (κ3) is 53.5. The molecule has 67 heavy (non-hydrogen) atoms. The van der Waals surface area contributed by atoms with Gasteiger partial charge in [-0.15, -0.1) is 0 Å². The van der Waals surface area contributed by atoms with E-state index in [1.165, 1.54) is 250 Å². The third-order valence-electron chi connectivity index (χ3n) is 14.0. The smallest absolute Gasteiger partial charge is 0.305 e. The summed E-state index contributed by atoms with van der Waals surface area (Å²) in [7, 11) is 0. The summed E-state index contributed by atoms with van der Waals surface area (Å²) < 4.78 is 5.46. The van der Waals surface area contributed by atoms with Gasteiger partial charge in [-0.3, -0.25) is 9.59 Å². The predicted molar refractivity (Wildman–Crippen MR) is 292 cm³/mol. The van der Waals surface area contributed by atoms with Gasteiger partial charge in [0.2, 0.25) is 5.91 Å². The van der Waals surface area contributed by atoms with Crippen LogP contribution in [0.1, 0.15) is 328 Å². The average molecular weight is 945 g/mol. The SMILES string of the molecule is CCCCCCCCCCCCCCCCCCC/C=C/C(O)C(CO)NC(=O)CCCCCCCCC/C=C\CCCCCCCCCCCOC(=O)CCCCCCCCCCCCC. The van der Waals surface area contributed by atoms with E-state index in [2.05, 4.69) is 31.3 Å². The summed E-state index contributed by atoms with van der Waals surface area (Å²) in [6.07, 6.45) is 69.2. The zero-order chi connectivity index (χ0) is 48.6. The molecule has 0 saturated carbocycles. The van der Waals surface area contributed by atoms with E-state index in [4.69, 9.17) is 4.74 Å². The number of hydrogen-bond donors (Lipinski definition) is 3. The maximum absolute atomic E-state index is 12.5. The van der Waals surface area contributed by atoms with Gasteiger partial charge in [0, 0.05) is 12.8 Å². The number of ether oxygens (including phenoxy) is 1. The molecule has 0 aromatic rings. The van der Waals surface area contributed by atoms with Crippen LogP contribution >= 0.6 is 0 Å². The molecule has 0 bridgehead atoms. The summed E-state index contributed by atoms with van der Waals surface area (Å²) >= 11 is 0. The molecular formula is C61H117NO5. The molecule has 0 aromatic heterocycles. The fraction of sp³-hybridized carbons (Fsp3) is 0.902. The standard InChI is InChI=1S/C61H117NO5/c1-3-5-7-9-11-13-15-16-17-18-21-24-27-30-34-37-41-45-49-53-59(64)58(57-63)62-60(65)54-50-46-42-38-35-31-28-25-22-19-20-23-26-29-32-36-40-44-48-52-56-67-61(66)55-51-47-43-39-33-14-12-10-8-6-4-2/h19,22,49,53,58-59,63-64H,3-18,20-21,23-48,50-52,54-57H2,1-2H3,(H,62,65)/b22-19-,53-49+. The molecule has 2 atom stereocenters. The van der Waals surface area contributed by atoms with E-state index in [0.717, 1.165) is 51.4 Å². The maximum atomic E-state index is 12.5. The lowest BCUT2D eigenvalue weighted by molar-refractivity contribution is -0.143. The first kappa shape index (κ1) is 65.3. The van der Waals surface area contributed by atoms with E-state index in [0.29, 0.717) is 19.4 Å². The molecule has 0 aliphatic carbocycles. The molecule has 0 aliphatic heterocycles. The molecule has 6 nitrogen and oxygen atoms in total. The van der Waals surface area contributed by atoms with Crippen molar-refractivity contribution in [2.45, 2.75) is 341 Å². The van der Waals surface area contributed by atoms with Gasteiger partial charge in [-0.25, -0.2) is 0 Å². The van der Waals surface area contributed by atoms with Crippen LogP contribution in [0.15, 0.2) is 24.3 Å². The molecular weight excluding hydrogens is 827 g/mol. The van der Waals surface area contributed by atoms with Gasteiger partial charge in [0.15, 0.2) is 0 Å². The second-order valence-corrected chi connectivity index (χ2v) is 20.7. The molecule has 0 saturated heterocycles. The van der Waals surface area contributed by atoms with Gasteiger partial charge in [-0.2, -0.15) is 0 Å². The van der Waals surface area contributed by atoms with Crippen molar-refractivity contribution < 1.29 is 24.5 Å². The molecule has 0 spiro atoms. The van der Waals surface area contributed by atoms with E-state index >= 15 is 0 Å². The highest BCUT2D eigenvalue weighted by atomic mass is 16.5. The summed E-state index contributed by atoms with van der Waals surface area (Å²) in [5.74, 6) is -0.0687. The number of unbranched alkanes of at least 4 members (excludes halogenated alkanes) is 43. The van der Waals surface area contributed by atoms with Crippen LogP contribution in [0.3, 0.4) is 0 Å². The van der Waals surface area contributed by atoms with E-state index < -0.39 is 12.1 Å². The molecule has 2 unspecified atom stereocenters. The van der Waals surface area contributed by atoms with E-state index in [9.17, 15) is 19.8 Å². The molecule has 3 N–H and O–H groups in total. The second kappa shape index (κ2) is 56.9. The average Bonchev–Trinajstić information content (AvgIpc) is 3.33. The van der Waals surface area contributed by atoms with Crippen LogP contribution < -0.4 is 5.32 Å². The van der Waals surface area contributed by atoms with Gasteiger partial charge in [0.25, 0.3) is 0 Å². The van der Waals surface area contributed by atoms with Crippen LogP contribution in [0.2, 0.25) is 0 Å². The minimum absolute atomic E-state index is 0.00549. The second-order valence-electron chi connectivity index (χ2n) is 20.7. The van der Waals surface area contributed by atoms with Crippen molar-refractivity contribution >= 4 is 11.9 Å². The number of nitrogens with one attached hydrogen (secondary N) is 1. The lowest BCUT2D eigenvalue weighted by atomic mass is 10.0. The monoisotopic (exact) mass is 944 g/mol. The lowest BCUT2D eigenvalue weighted by Crippen LogP contribution is -2.45. The first-order chi connectivity index (χ1) is 33.0. The highest BCUT2D eigenvalue weighted by molar-refractivity contribution is 5.76. The zero-order valence-corrected chi connectivity index (χ0v) is 45.1. The summed E-state index contributed by atoms with van der Waals surface area (Å²) in [5, 5.41) is 23.2. The molecule has 0 heterocycles. The molecule has 396 valence electrons. The van der Waals surface area contributed by atoms with Gasteiger partial charge in [0.05, 0.1) is 25.4 Å². The van der Waals surface area contributed by atoms with E-state index in [1.807, 2.05) is 6.08 Å². The van der Waals surface area contributed by atoms with Crippen molar-refractivity contribution in [2.24, 2.45) is 0 Å². The molecule has 0 aliphatic rings. The number of esters is 1. The lowest BCUT2D eigenvalue weighted by Gasteiger charge is -2.20.